The number of hydrogen-bond acceptors (Lipinski definition) is 7. The van der Waals surface area contributed by atoms with Gasteiger partial charge in [-0.25, -0.2) is 17.6 Å². The lowest BCUT2D eigenvalue weighted by atomic mass is 10.1. The van der Waals surface area contributed by atoms with Gasteiger partial charge in [0.15, 0.2) is 19.0 Å². The van der Waals surface area contributed by atoms with Crippen molar-refractivity contribution in [3.05, 3.63) is 83.7 Å². The first-order valence-electron chi connectivity index (χ1n) is 9.87. The molecule has 1 aliphatic heterocycles. The summed E-state index contributed by atoms with van der Waals surface area (Å²) in [5, 5.41) is 2.58. The van der Waals surface area contributed by atoms with Gasteiger partial charge in [0.1, 0.15) is 11.6 Å². The Bertz CT molecular complexity index is 1390. The molecule has 0 spiro atoms. The average Bonchev–Trinajstić information content (AvgIpc) is 2.83. The van der Waals surface area contributed by atoms with E-state index in [9.17, 15) is 27.2 Å². The van der Waals surface area contributed by atoms with Gasteiger partial charge in [-0.15, -0.1) is 0 Å². The number of rotatable bonds is 7. The molecule has 0 aromatic heterocycles. The minimum Gasteiger partial charge on any atom is -0.482 e. The van der Waals surface area contributed by atoms with Crippen molar-refractivity contribution in [1.29, 1.82) is 0 Å². The molecular formula is C23H17FN2O7S. The molecule has 4 rings (SSSR count). The standard InChI is InChI=1S/C23H17FN2O7S/c24-17-3-1-2-4-18(17)26-34(30,31)16-8-5-14(6-9-16)23(29)33-12-20(27)15-7-10-21-19(11-15)25-22(28)13-32-21/h1-11,26H,12-13H2,(H,25,28). The molecule has 0 atom stereocenters. The van der Waals surface area contributed by atoms with Crippen LogP contribution >= 0.6 is 0 Å². The van der Waals surface area contributed by atoms with Crippen LogP contribution in [0.2, 0.25) is 0 Å². The molecule has 3 aromatic rings. The molecule has 2 N–H and O–H groups in total. The molecule has 34 heavy (non-hydrogen) atoms. The first kappa shape index (κ1) is 22.9. The number of benzene rings is 3. The van der Waals surface area contributed by atoms with Gasteiger partial charge in [0.25, 0.3) is 15.9 Å². The first-order valence-corrected chi connectivity index (χ1v) is 11.4. The highest BCUT2D eigenvalue weighted by Crippen LogP contribution is 2.28. The molecule has 11 heteroatoms. The predicted octanol–water partition coefficient (Wildman–Crippen LogP) is 3.00. The lowest BCUT2D eigenvalue weighted by Crippen LogP contribution is -2.25. The number of carbonyl (C=O) groups excluding carboxylic acids is 3. The van der Waals surface area contributed by atoms with Gasteiger partial charge < -0.3 is 14.8 Å². The van der Waals surface area contributed by atoms with E-state index in [1.807, 2.05) is 0 Å². The van der Waals surface area contributed by atoms with E-state index in [1.165, 1.54) is 48.5 Å². The number of amides is 1. The van der Waals surface area contributed by atoms with E-state index in [-0.39, 0.29) is 34.2 Å². The number of nitrogens with one attached hydrogen (secondary N) is 2. The number of fused-ring (bicyclic) bond motifs is 1. The summed E-state index contributed by atoms with van der Waals surface area (Å²) in [6.07, 6.45) is 0. The molecule has 1 aliphatic rings. The van der Waals surface area contributed by atoms with Crippen molar-refractivity contribution in [2.75, 3.05) is 23.3 Å². The molecule has 0 radical (unpaired) electrons. The van der Waals surface area contributed by atoms with Crippen molar-refractivity contribution in [2.24, 2.45) is 0 Å². The maximum Gasteiger partial charge on any atom is 0.338 e. The second-order valence-electron chi connectivity index (χ2n) is 7.16. The van der Waals surface area contributed by atoms with E-state index in [1.54, 1.807) is 0 Å². The number of Topliss-reactive ketones (excluding diaryl/α,β-unsaturated/α-hetero) is 1. The fourth-order valence-corrected chi connectivity index (χ4v) is 4.14. The Hall–Kier alpha value is -4.25. The van der Waals surface area contributed by atoms with Gasteiger partial charge in [0, 0.05) is 5.56 Å². The molecule has 1 amide bonds. The van der Waals surface area contributed by atoms with Crippen LogP contribution in [0.5, 0.6) is 5.75 Å². The minimum absolute atomic E-state index is 0.0174. The molecule has 3 aromatic carbocycles. The van der Waals surface area contributed by atoms with Crippen LogP contribution in [0, 0.1) is 5.82 Å². The highest BCUT2D eigenvalue weighted by Gasteiger charge is 2.20. The zero-order valence-electron chi connectivity index (χ0n) is 17.4. The van der Waals surface area contributed by atoms with Crippen molar-refractivity contribution in [2.45, 2.75) is 4.90 Å². The van der Waals surface area contributed by atoms with Crippen molar-refractivity contribution < 1.29 is 36.7 Å². The summed E-state index contributed by atoms with van der Waals surface area (Å²) >= 11 is 0. The fourth-order valence-electron chi connectivity index (χ4n) is 3.07. The Morgan fingerprint density at radius 2 is 1.74 bits per heavy atom. The number of anilines is 2. The van der Waals surface area contributed by atoms with Gasteiger partial charge in [0.05, 0.1) is 21.8 Å². The molecule has 0 unspecified atom stereocenters. The van der Waals surface area contributed by atoms with E-state index in [4.69, 9.17) is 9.47 Å². The molecule has 0 saturated heterocycles. The predicted molar refractivity (Wildman–Crippen MR) is 119 cm³/mol. The van der Waals surface area contributed by atoms with E-state index in [0.717, 1.165) is 18.2 Å². The lowest BCUT2D eigenvalue weighted by Gasteiger charge is -2.18. The highest BCUT2D eigenvalue weighted by molar-refractivity contribution is 7.92. The number of carbonyl (C=O) groups is 3. The zero-order valence-corrected chi connectivity index (χ0v) is 18.2. The van der Waals surface area contributed by atoms with Crippen LogP contribution in [-0.2, 0) is 19.6 Å². The van der Waals surface area contributed by atoms with Crippen LogP contribution in [0.1, 0.15) is 20.7 Å². The third-order valence-corrected chi connectivity index (χ3v) is 6.17. The number of ether oxygens (including phenoxy) is 2. The number of ketones is 1. The van der Waals surface area contributed by atoms with Crippen LogP contribution in [0.25, 0.3) is 0 Å². The Morgan fingerprint density at radius 1 is 1.03 bits per heavy atom. The quantitative estimate of drug-likeness (QED) is 0.390. The number of para-hydroxylation sites is 1. The lowest BCUT2D eigenvalue weighted by molar-refractivity contribution is -0.118. The second-order valence-corrected chi connectivity index (χ2v) is 8.84. The highest BCUT2D eigenvalue weighted by atomic mass is 32.2. The first-order chi connectivity index (χ1) is 16.2. The normalized spacial score (nSPS) is 12.7. The molecule has 0 aliphatic carbocycles. The summed E-state index contributed by atoms with van der Waals surface area (Å²) in [6.45, 7) is -0.682. The Balaban J connectivity index is 1.38. The van der Waals surface area contributed by atoms with E-state index in [2.05, 4.69) is 10.0 Å². The van der Waals surface area contributed by atoms with Crippen molar-refractivity contribution >= 4 is 39.1 Å². The van der Waals surface area contributed by atoms with Gasteiger partial charge in [-0.2, -0.15) is 0 Å². The number of sulfonamides is 1. The maximum absolute atomic E-state index is 13.7. The van der Waals surface area contributed by atoms with Crippen LogP contribution in [0.15, 0.2) is 71.6 Å². The van der Waals surface area contributed by atoms with E-state index in [0.29, 0.717) is 11.4 Å². The fraction of sp³-hybridized carbons (Fsp3) is 0.0870. The van der Waals surface area contributed by atoms with Crippen LogP contribution < -0.4 is 14.8 Å². The SMILES string of the molecule is O=C1COc2ccc(C(=O)COC(=O)c3ccc(S(=O)(=O)Nc4ccccc4F)cc3)cc2N1. The van der Waals surface area contributed by atoms with Crippen LogP contribution in [0.3, 0.4) is 0 Å². The molecule has 0 fully saturated rings. The summed E-state index contributed by atoms with van der Waals surface area (Å²) in [5.41, 5.74) is 0.355. The average molecular weight is 484 g/mol. The molecule has 1 heterocycles. The van der Waals surface area contributed by atoms with Gasteiger partial charge >= 0.3 is 5.97 Å². The van der Waals surface area contributed by atoms with E-state index >= 15 is 0 Å². The third kappa shape index (κ3) is 5.04. The van der Waals surface area contributed by atoms with Crippen LogP contribution in [0.4, 0.5) is 15.8 Å². The third-order valence-electron chi connectivity index (χ3n) is 4.79. The van der Waals surface area contributed by atoms with Gasteiger partial charge in [0.2, 0.25) is 0 Å². The Morgan fingerprint density at radius 3 is 2.47 bits per heavy atom. The number of hydrogen-bond donors (Lipinski definition) is 2. The summed E-state index contributed by atoms with van der Waals surface area (Å²) in [5.74, 6) is -2.01. The molecule has 9 nitrogen and oxygen atoms in total. The van der Waals surface area contributed by atoms with Gasteiger partial charge in [-0.3, -0.25) is 14.3 Å². The van der Waals surface area contributed by atoms with Gasteiger partial charge in [-0.1, -0.05) is 12.1 Å². The van der Waals surface area contributed by atoms with E-state index < -0.39 is 34.2 Å². The summed E-state index contributed by atoms with van der Waals surface area (Å²) in [4.78, 5) is 35.9. The van der Waals surface area contributed by atoms with Crippen molar-refractivity contribution in [3.63, 3.8) is 0 Å². The van der Waals surface area contributed by atoms with Crippen molar-refractivity contribution in [1.82, 2.24) is 0 Å². The Labute approximate surface area is 193 Å². The monoisotopic (exact) mass is 484 g/mol. The smallest absolute Gasteiger partial charge is 0.338 e. The zero-order chi connectivity index (χ0) is 24.3. The molecular weight excluding hydrogens is 467 g/mol. The topological polar surface area (TPSA) is 128 Å². The number of halogens is 1. The molecule has 0 saturated carbocycles. The summed E-state index contributed by atoms with van der Waals surface area (Å²) in [6, 6.07) is 14.5. The van der Waals surface area contributed by atoms with Gasteiger partial charge in [-0.05, 0) is 54.6 Å². The summed E-state index contributed by atoms with van der Waals surface area (Å²) in [7, 11) is -4.09. The van der Waals surface area contributed by atoms with Crippen molar-refractivity contribution in [3.8, 4) is 5.75 Å². The Kier molecular flexibility index (Phi) is 6.28. The molecule has 0 bridgehead atoms. The van der Waals surface area contributed by atoms with Crippen LogP contribution in [-0.4, -0.2) is 39.3 Å². The summed E-state index contributed by atoms with van der Waals surface area (Å²) < 4.78 is 51.0. The minimum atomic E-state index is -4.09. The number of esters is 1. The molecule has 174 valence electrons. The largest absolute Gasteiger partial charge is 0.482 e. The second kappa shape index (κ2) is 9.32. The maximum atomic E-state index is 13.7.